The molecule has 0 saturated heterocycles. The van der Waals surface area contributed by atoms with Crippen molar-refractivity contribution in [1.82, 2.24) is 0 Å². The molecule has 1 rings (SSSR count). The van der Waals surface area contributed by atoms with E-state index in [9.17, 15) is 4.79 Å². The molecular formula is C11H18O2. The first kappa shape index (κ1) is 10.3. The van der Waals surface area contributed by atoms with Gasteiger partial charge in [-0.3, -0.25) is 0 Å². The standard InChI is InChI=1S/C11H18O2/c1-9(11(12)13)7-8-10-5-3-2-4-6-10/h7,10H,2-6,8H2,1H3,(H,12,13)/b9-7+. The van der Waals surface area contributed by atoms with Gasteiger partial charge in [0.25, 0.3) is 0 Å². The van der Waals surface area contributed by atoms with Gasteiger partial charge < -0.3 is 5.11 Å². The maximum atomic E-state index is 10.5. The first-order chi connectivity index (χ1) is 6.20. The van der Waals surface area contributed by atoms with Crippen molar-refractivity contribution in [3.05, 3.63) is 11.6 Å². The topological polar surface area (TPSA) is 37.3 Å². The number of carbonyl (C=O) groups is 1. The van der Waals surface area contributed by atoms with Crippen molar-refractivity contribution < 1.29 is 9.90 Å². The second-order valence-corrected chi connectivity index (χ2v) is 3.93. The van der Waals surface area contributed by atoms with Gasteiger partial charge in [0.05, 0.1) is 0 Å². The summed E-state index contributed by atoms with van der Waals surface area (Å²) in [5.74, 6) is -0.0427. The molecule has 0 atom stereocenters. The van der Waals surface area contributed by atoms with Crippen LogP contribution in [0.15, 0.2) is 11.6 Å². The number of hydrogen-bond donors (Lipinski definition) is 1. The van der Waals surface area contributed by atoms with Gasteiger partial charge in [-0.25, -0.2) is 4.79 Å². The maximum Gasteiger partial charge on any atom is 0.330 e. The van der Waals surface area contributed by atoms with E-state index in [1.807, 2.05) is 6.08 Å². The summed E-state index contributed by atoms with van der Waals surface area (Å²) in [6.07, 6.45) is 9.40. The van der Waals surface area contributed by atoms with Crippen LogP contribution in [0.25, 0.3) is 0 Å². The van der Waals surface area contributed by atoms with E-state index in [4.69, 9.17) is 5.11 Å². The Balaban J connectivity index is 2.31. The summed E-state index contributed by atoms with van der Waals surface area (Å²) in [7, 11) is 0. The van der Waals surface area contributed by atoms with E-state index in [1.165, 1.54) is 32.1 Å². The van der Waals surface area contributed by atoms with Gasteiger partial charge in [0.15, 0.2) is 0 Å². The van der Waals surface area contributed by atoms with Crippen molar-refractivity contribution in [1.29, 1.82) is 0 Å². The fourth-order valence-electron chi connectivity index (χ4n) is 1.85. The van der Waals surface area contributed by atoms with E-state index >= 15 is 0 Å². The van der Waals surface area contributed by atoms with Crippen LogP contribution in [0.5, 0.6) is 0 Å². The summed E-state index contributed by atoms with van der Waals surface area (Å²) in [6.45, 7) is 1.67. The van der Waals surface area contributed by atoms with Crippen molar-refractivity contribution in [3.63, 3.8) is 0 Å². The molecule has 0 aromatic heterocycles. The highest BCUT2D eigenvalue weighted by atomic mass is 16.4. The Kier molecular flexibility index (Phi) is 4.00. The second kappa shape index (κ2) is 5.05. The molecule has 0 heterocycles. The lowest BCUT2D eigenvalue weighted by Crippen LogP contribution is -2.05. The van der Waals surface area contributed by atoms with Gasteiger partial charge in [0.1, 0.15) is 0 Å². The third-order valence-electron chi connectivity index (χ3n) is 2.82. The SMILES string of the molecule is C/C(=C\CC1CCCCC1)C(=O)O. The molecule has 1 saturated carbocycles. The minimum absolute atomic E-state index is 0.491. The zero-order valence-electron chi connectivity index (χ0n) is 8.25. The molecule has 0 aromatic rings. The molecule has 2 nitrogen and oxygen atoms in total. The summed E-state index contributed by atoms with van der Waals surface area (Å²) in [5.41, 5.74) is 0.491. The lowest BCUT2D eigenvalue weighted by atomic mass is 9.86. The molecule has 74 valence electrons. The number of rotatable bonds is 3. The lowest BCUT2D eigenvalue weighted by molar-refractivity contribution is -0.132. The Hall–Kier alpha value is -0.790. The van der Waals surface area contributed by atoms with Gasteiger partial charge in [-0.15, -0.1) is 0 Å². The smallest absolute Gasteiger partial charge is 0.330 e. The van der Waals surface area contributed by atoms with E-state index in [1.54, 1.807) is 6.92 Å². The molecule has 0 amide bonds. The molecule has 0 unspecified atom stereocenters. The summed E-state index contributed by atoms with van der Waals surface area (Å²) < 4.78 is 0. The molecule has 1 aliphatic rings. The van der Waals surface area contributed by atoms with Crippen LogP contribution in [0.1, 0.15) is 45.4 Å². The molecule has 13 heavy (non-hydrogen) atoms. The highest BCUT2D eigenvalue weighted by Gasteiger charge is 2.12. The van der Waals surface area contributed by atoms with Crippen LogP contribution in [-0.2, 0) is 4.79 Å². The van der Waals surface area contributed by atoms with Crippen LogP contribution in [0.2, 0.25) is 0 Å². The number of allylic oxidation sites excluding steroid dienone is 1. The summed E-state index contributed by atoms with van der Waals surface area (Å²) >= 11 is 0. The van der Waals surface area contributed by atoms with Crippen molar-refractivity contribution in [2.45, 2.75) is 45.4 Å². The Morgan fingerprint density at radius 1 is 1.38 bits per heavy atom. The summed E-state index contributed by atoms with van der Waals surface area (Å²) in [5, 5.41) is 8.64. The van der Waals surface area contributed by atoms with Crippen LogP contribution in [0, 0.1) is 5.92 Å². The minimum Gasteiger partial charge on any atom is -0.478 e. The Labute approximate surface area is 79.6 Å². The molecule has 0 bridgehead atoms. The first-order valence-corrected chi connectivity index (χ1v) is 5.10. The van der Waals surface area contributed by atoms with Crippen molar-refractivity contribution in [3.8, 4) is 0 Å². The van der Waals surface area contributed by atoms with Gasteiger partial charge in [-0.1, -0.05) is 38.2 Å². The zero-order chi connectivity index (χ0) is 9.68. The molecule has 0 spiro atoms. The van der Waals surface area contributed by atoms with Gasteiger partial charge in [-0.05, 0) is 19.3 Å². The monoisotopic (exact) mass is 182 g/mol. The Morgan fingerprint density at radius 3 is 2.54 bits per heavy atom. The normalized spacial score (nSPS) is 20.2. The van der Waals surface area contributed by atoms with Crippen LogP contribution in [-0.4, -0.2) is 11.1 Å². The van der Waals surface area contributed by atoms with E-state index in [0.717, 1.165) is 12.3 Å². The predicted octanol–water partition coefficient (Wildman–Crippen LogP) is 2.99. The third kappa shape index (κ3) is 3.62. The summed E-state index contributed by atoms with van der Waals surface area (Å²) in [6, 6.07) is 0. The molecular weight excluding hydrogens is 164 g/mol. The fourth-order valence-corrected chi connectivity index (χ4v) is 1.85. The number of carboxylic acids is 1. The highest BCUT2D eigenvalue weighted by Crippen LogP contribution is 2.26. The largest absolute Gasteiger partial charge is 0.478 e. The number of carboxylic acid groups (broad SMARTS) is 1. The van der Waals surface area contributed by atoms with E-state index in [2.05, 4.69) is 0 Å². The van der Waals surface area contributed by atoms with Gasteiger partial charge in [0, 0.05) is 5.57 Å². The third-order valence-corrected chi connectivity index (χ3v) is 2.82. The fraction of sp³-hybridized carbons (Fsp3) is 0.727. The number of aliphatic carboxylic acids is 1. The highest BCUT2D eigenvalue weighted by molar-refractivity contribution is 5.85. The molecule has 0 radical (unpaired) electrons. The first-order valence-electron chi connectivity index (χ1n) is 5.10. The number of hydrogen-bond acceptors (Lipinski definition) is 1. The van der Waals surface area contributed by atoms with Crippen molar-refractivity contribution in [2.75, 3.05) is 0 Å². The second-order valence-electron chi connectivity index (χ2n) is 3.93. The maximum absolute atomic E-state index is 10.5. The van der Waals surface area contributed by atoms with Gasteiger partial charge in [-0.2, -0.15) is 0 Å². The lowest BCUT2D eigenvalue weighted by Gasteiger charge is -2.19. The van der Waals surface area contributed by atoms with Gasteiger partial charge in [0.2, 0.25) is 0 Å². The zero-order valence-corrected chi connectivity index (χ0v) is 8.25. The minimum atomic E-state index is -0.782. The molecule has 1 aliphatic carbocycles. The van der Waals surface area contributed by atoms with E-state index in [-0.39, 0.29) is 0 Å². The van der Waals surface area contributed by atoms with Crippen molar-refractivity contribution in [2.24, 2.45) is 5.92 Å². The molecule has 1 fully saturated rings. The summed E-state index contributed by atoms with van der Waals surface area (Å²) in [4.78, 5) is 10.5. The van der Waals surface area contributed by atoms with Gasteiger partial charge >= 0.3 is 5.97 Å². The average Bonchev–Trinajstić information content (AvgIpc) is 2.15. The van der Waals surface area contributed by atoms with Crippen LogP contribution >= 0.6 is 0 Å². The van der Waals surface area contributed by atoms with Crippen molar-refractivity contribution >= 4 is 5.97 Å². The average molecular weight is 182 g/mol. The Morgan fingerprint density at radius 2 is 2.00 bits per heavy atom. The molecule has 2 heteroatoms. The van der Waals surface area contributed by atoms with Crippen LogP contribution in [0.4, 0.5) is 0 Å². The van der Waals surface area contributed by atoms with E-state index < -0.39 is 5.97 Å². The molecule has 0 aliphatic heterocycles. The quantitative estimate of drug-likeness (QED) is 0.681. The molecule has 1 N–H and O–H groups in total. The molecule has 0 aromatic carbocycles. The van der Waals surface area contributed by atoms with Crippen LogP contribution in [0.3, 0.4) is 0 Å². The Bertz CT molecular complexity index is 200. The van der Waals surface area contributed by atoms with E-state index in [0.29, 0.717) is 5.57 Å². The predicted molar refractivity (Wildman–Crippen MR) is 52.6 cm³/mol. The van der Waals surface area contributed by atoms with Crippen LogP contribution < -0.4 is 0 Å².